The molecule has 0 aliphatic rings. The monoisotopic (exact) mass is 258 g/mol. The molecule has 1 N–H and O–H groups in total. The van der Waals surface area contributed by atoms with Crippen molar-refractivity contribution in [3.05, 3.63) is 29.8 Å². The molecule has 0 spiro atoms. The summed E-state index contributed by atoms with van der Waals surface area (Å²) < 4.78 is 39.3. The molecule has 0 bridgehead atoms. The Morgan fingerprint density at radius 3 is 2.44 bits per heavy atom. The molecule has 4 nitrogen and oxygen atoms in total. The molecule has 96 valence electrons. The van der Waals surface area contributed by atoms with E-state index < -0.39 is 12.3 Å². The van der Waals surface area contributed by atoms with Gasteiger partial charge in [-0.05, 0) is 17.7 Å². The Labute approximate surface area is 101 Å². The van der Waals surface area contributed by atoms with E-state index in [9.17, 15) is 18.0 Å². The van der Waals surface area contributed by atoms with E-state index in [1.165, 1.54) is 12.1 Å². The largest absolute Gasteiger partial charge is 0.573 e. The van der Waals surface area contributed by atoms with Crippen molar-refractivity contribution < 1.29 is 22.7 Å². The van der Waals surface area contributed by atoms with Crippen LogP contribution in [0.25, 0.3) is 0 Å². The van der Waals surface area contributed by atoms with Gasteiger partial charge < -0.3 is 10.1 Å². The van der Waals surface area contributed by atoms with Crippen molar-refractivity contribution >= 4 is 5.91 Å². The number of amides is 1. The predicted molar refractivity (Wildman–Crippen MR) is 55.2 cm³/mol. The first-order valence-electron chi connectivity index (χ1n) is 4.89. The SMILES string of the molecule is N#CCC(=O)NCc1ccc(OC(F)(F)F)cc1. The van der Waals surface area contributed by atoms with E-state index in [1.807, 2.05) is 0 Å². The van der Waals surface area contributed by atoms with Crippen LogP contribution in [-0.2, 0) is 11.3 Å². The van der Waals surface area contributed by atoms with Gasteiger partial charge in [0.05, 0.1) is 6.07 Å². The minimum absolute atomic E-state index is 0.146. The summed E-state index contributed by atoms with van der Waals surface area (Å²) in [6.07, 6.45) is -4.97. The van der Waals surface area contributed by atoms with Gasteiger partial charge in [0.2, 0.25) is 5.91 Å². The molecule has 7 heteroatoms. The Balaban J connectivity index is 2.51. The van der Waals surface area contributed by atoms with Gasteiger partial charge in [-0.25, -0.2) is 0 Å². The first-order valence-corrected chi connectivity index (χ1v) is 4.89. The van der Waals surface area contributed by atoms with Crippen LogP contribution in [-0.4, -0.2) is 12.3 Å². The van der Waals surface area contributed by atoms with Gasteiger partial charge in [-0.15, -0.1) is 13.2 Å². The molecule has 0 aliphatic heterocycles. The minimum atomic E-state index is -4.72. The number of hydrogen-bond donors (Lipinski definition) is 1. The minimum Gasteiger partial charge on any atom is -0.406 e. The fraction of sp³-hybridized carbons (Fsp3) is 0.273. The second-order valence-electron chi connectivity index (χ2n) is 3.30. The molecule has 0 fully saturated rings. The lowest BCUT2D eigenvalue weighted by Gasteiger charge is -2.09. The van der Waals surface area contributed by atoms with Crippen LogP contribution in [0.2, 0.25) is 0 Å². The van der Waals surface area contributed by atoms with Crippen LogP contribution in [0, 0.1) is 11.3 Å². The maximum Gasteiger partial charge on any atom is 0.573 e. The van der Waals surface area contributed by atoms with Crippen molar-refractivity contribution in [1.29, 1.82) is 5.26 Å². The maximum absolute atomic E-state index is 11.9. The number of carbonyl (C=O) groups excluding carboxylic acids is 1. The summed E-state index contributed by atoms with van der Waals surface area (Å²) in [5.74, 6) is -0.761. The highest BCUT2D eigenvalue weighted by Gasteiger charge is 2.30. The molecule has 0 heterocycles. The molecule has 1 amide bonds. The van der Waals surface area contributed by atoms with Crippen molar-refractivity contribution in [2.75, 3.05) is 0 Å². The number of rotatable bonds is 4. The number of nitriles is 1. The maximum atomic E-state index is 11.9. The zero-order chi connectivity index (χ0) is 13.6. The van der Waals surface area contributed by atoms with E-state index >= 15 is 0 Å². The number of halogens is 3. The molecular formula is C11H9F3N2O2. The molecule has 1 rings (SSSR count). The van der Waals surface area contributed by atoms with Crippen LogP contribution in [0.3, 0.4) is 0 Å². The lowest BCUT2D eigenvalue weighted by molar-refractivity contribution is -0.274. The normalized spacial score (nSPS) is 10.6. The van der Waals surface area contributed by atoms with E-state index in [1.54, 1.807) is 6.07 Å². The molecule has 0 aliphatic carbocycles. The third kappa shape index (κ3) is 5.21. The average Bonchev–Trinajstić information content (AvgIpc) is 2.26. The first-order chi connectivity index (χ1) is 8.40. The Bertz CT molecular complexity index is 449. The summed E-state index contributed by atoms with van der Waals surface area (Å²) in [4.78, 5) is 11.0. The highest BCUT2D eigenvalue weighted by atomic mass is 19.4. The van der Waals surface area contributed by atoms with Gasteiger partial charge in [-0.3, -0.25) is 4.79 Å². The smallest absolute Gasteiger partial charge is 0.406 e. The molecule has 1 aromatic rings. The fourth-order valence-corrected chi connectivity index (χ4v) is 1.14. The number of nitrogens with one attached hydrogen (secondary N) is 1. The summed E-state index contributed by atoms with van der Waals surface area (Å²) in [7, 11) is 0. The van der Waals surface area contributed by atoms with Crippen LogP contribution < -0.4 is 10.1 Å². The van der Waals surface area contributed by atoms with Crippen LogP contribution in [0.15, 0.2) is 24.3 Å². The Morgan fingerprint density at radius 2 is 1.94 bits per heavy atom. The molecule has 0 atom stereocenters. The summed E-state index contributed by atoms with van der Waals surface area (Å²) in [6.45, 7) is 0.146. The van der Waals surface area contributed by atoms with Crippen LogP contribution in [0.5, 0.6) is 5.75 Å². The zero-order valence-corrected chi connectivity index (χ0v) is 9.12. The summed E-state index contributed by atoms with van der Waals surface area (Å²) >= 11 is 0. The van der Waals surface area contributed by atoms with Gasteiger partial charge in [-0.2, -0.15) is 5.26 Å². The van der Waals surface area contributed by atoms with Crippen LogP contribution in [0.4, 0.5) is 13.2 Å². The third-order valence-electron chi connectivity index (χ3n) is 1.89. The Hall–Kier alpha value is -2.23. The van der Waals surface area contributed by atoms with Crippen LogP contribution >= 0.6 is 0 Å². The summed E-state index contributed by atoms with van der Waals surface area (Å²) in [6, 6.07) is 6.78. The number of nitrogens with zero attached hydrogens (tertiary/aromatic N) is 1. The fourth-order valence-electron chi connectivity index (χ4n) is 1.14. The van der Waals surface area contributed by atoms with E-state index in [0.717, 1.165) is 12.1 Å². The Kier molecular flexibility index (Phi) is 4.54. The van der Waals surface area contributed by atoms with Crippen molar-refractivity contribution in [2.24, 2.45) is 0 Å². The van der Waals surface area contributed by atoms with Gasteiger partial charge in [0.15, 0.2) is 0 Å². The van der Waals surface area contributed by atoms with E-state index in [4.69, 9.17) is 5.26 Å². The second kappa shape index (κ2) is 5.91. The molecule has 0 saturated heterocycles. The zero-order valence-electron chi connectivity index (χ0n) is 9.12. The molecule has 18 heavy (non-hydrogen) atoms. The molecule has 1 aromatic carbocycles. The van der Waals surface area contributed by atoms with Crippen molar-refractivity contribution in [3.8, 4) is 11.8 Å². The number of carbonyl (C=O) groups is 1. The highest BCUT2D eigenvalue weighted by molar-refractivity contribution is 5.77. The molecule has 0 radical (unpaired) electrons. The topological polar surface area (TPSA) is 62.1 Å². The molecule has 0 aromatic heterocycles. The van der Waals surface area contributed by atoms with Gasteiger partial charge >= 0.3 is 6.36 Å². The van der Waals surface area contributed by atoms with E-state index in [-0.39, 0.29) is 18.7 Å². The average molecular weight is 258 g/mol. The molecule has 0 saturated carbocycles. The highest BCUT2D eigenvalue weighted by Crippen LogP contribution is 2.22. The van der Waals surface area contributed by atoms with Gasteiger partial charge in [0.1, 0.15) is 12.2 Å². The van der Waals surface area contributed by atoms with Gasteiger partial charge in [0.25, 0.3) is 0 Å². The van der Waals surface area contributed by atoms with E-state index in [2.05, 4.69) is 10.1 Å². The number of alkyl halides is 3. The van der Waals surface area contributed by atoms with E-state index in [0.29, 0.717) is 5.56 Å². The Morgan fingerprint density at radius 1 is 1.33 bits per heavy atom. The number of ether oxygens (including phenoxy) is 1. The molecular weight excluding hydrogens is 249 g/mol. The van der Waals surface area contributed by atoms with Crippen molar-refractivity contribution in [2.45, 2.75) is 19.3 Å². The van der Waals surface area contributed by atoms with Gasteiger partial charge in [0, 0.05) is 6.54 Å². The standard InChI is InChI=1S/C11H9F3N2O2/c12-11(13,14)18-9-3-1-8(2-4-9)7-16-10(17)5-6-15/h1-4H,5,7H2,(H,16,17). The predicted octanol–water partition coefficient (Wildman–Crippen LogP) is 2.12. The summed E-state index contributed by atoms with van der Waals surface area (Å²) in [5, 5.41) is 10.7. The first kappa shape index (κ1) is 13.8. The van der Waals surface area contributed by atoms with Crippen LogP contribution in [0.1, 0.15) is 12.0 Å². The van der Waals surface area contributed by atoms with Gasteiger partial charge in [-0.1, -0.05) is 12.1 Å². The lowest BCUT2D eigenvalue weighted by Crippen LogP contribution is -2.21. The van der Waals surface area contributed by atoms with Crippen molar-refractivity contribution in [1.82, 2.24) is 5.32 Å². The van der Waals surface area contributed by atoms with Crippen molar-refractivity contribution in [3.63, 3.8) is 0 Å². The number of benzene rings is 1. The second-order valence-corrected chi connectivity index (χ2v) is 3.30. The third-order valence-corrected chi connectivity index (χ3v) is 1.89. The summed E-state index contributed by atoms with van der Waals surface area (Å²) in [5.41, 5.74) is 0.607. The molecule has 0 unspecified atom stereocenters. The lowest BCUT2D eigenvalue weighted by atomic mass is 10.2. The number of hydrogen-bond acceptors (Lipinski definition) is 3. The quantitative estimate of drug-likeness (QED) is 0.899.